The third kappa shape index (κ3) is 4.18. The molecule has 29 heavy (non-hydrogen) atoms. The number of aromatic nitrogens is 1. The van der Waals surface area contributed by atoms with Crippen LogP contribution in [0.5, 0.6) is 17.4 Å². The van der Waals surface area contributed by atoms with E-state index in [0.717, 1.165) is 5.56 Å². The SMILES string of the molecule is CC(=O)Nc1ccc(Oc2ccc3c(c2)CCC(c2c(F)cccc2F)O3)nc1. The maximum absolute atomic E-state index is 14.0. The van der Waals surface area contributed by atoms with Crippen LogP contribution in [0.3, 0.4) is 0 Å². The van der Waals surface area contributed by atoms with Gasteiger partial charge < -0.3 is 14.8 Å². The normalized spacial score (nSPS) is 15.2. The number of aryl methyl sites for hydroxylation is 1. The van der Waals surface area contributed by atoms with Crippen LogP contribution in [0, 0.1) is 11.6 Å². The number of hydrogen-bond acceptors (Lipinski definition) is 4. The van der Waals surface area contributed by atoms with Crippen LogP contribution in [0.4, 0.5) is 14.5 Å². The predicted molar refractivity (Wildman–Crippen MR) is 103 cm³/mol. The standard InChI is InChI=1S/C22H18F2N2O3/c1-13(27)26-15-6-10-21(25-12-15)28-16-7-9-19-14(11-16)5-8-20(29-19)22-17(23)3-2-4-18(22)24/h2-4,6-7,9-12,20H,5,8H2,1H3,(H,26,27). The fourth-order valence-electron chi connectivity index (χ4n) is 3.29. The van der Waals surface area contributed by atoms with E-state index in [1.54, 1.807) is 24.3 Å². The number of nitrogens with one attached hydrogen (secondary N) is 1. The Morgan fingerprint density at radius 3 is 2.66 bits per heavy atom. The van der Waals surface area contributed by atoms with Crippen molar-refractivity contribution in [1.82, 2.24) is 4.98 Å². The molecule has 1 N–H and O–H groups in total. The lowest BCUT2D eigenvalue weighted by Gasteiger charge is -2.27. The van der Waals surface area contributed by atoms with Gasteiger partial charge in [0.25, 0.3) is 0 Å². The van der Waals surface area contributed by atoms with Gasteiger partial charge in [-0.15, -0.1) is 0 Å². The molecule has 0 radical (unpaired) electrons. The third-order valence-electron chi connectivity index (χ3n) is 4.58. The van der Waals surface area contributed by atoms with Gasteiger partial charge in [0.2, 0.25) is 11.8 Å². The molecule has 1 unspecified atom stereocenters. The van der Waals surface area contributed by atoms with Gasteiger partial charge in [-0.05, 0) is 54.8 Å². The number of anilines is 1. The first-order valence-corrected chi connectivity index (χ1v) is 9.14. The van der Waals surface area contributed by atoms with Gasteiger partial charge in [0.05, 0.1) is 17.4 Å². The number of nitrogens with zero attached hydrogens (tertiary/aromatic N) is 1. The molecule has 7 heteroatoms. The molecule has 1 aliphatic rings. The molecule has 1 atom stereocenters. The van der Waals surface area contributed by atoms with Crippen molar-refractivity contribution in [3.05, 3.63) is 77.5 Å². The summed E-state index contributed by atoms with van der Waals surface area (Å²) in [4.78, 5) is 15.2. The summed E-state index contributed by atoms with van der Waals surface area (Å²) < 4.78 is 39.7. The minimum absolute atomic E-state index is 0.0399. The maximum atomic E-state index is 14.0. The number of carbonyl (C=O) groups is 1. The molecule has 1 aliphatic heterocycles. The van der Waals surface area contributed by atoms with Crippen molar-refractivity contribution >= 4 is 11.6 Å². The van der Waals surface area contributed by atoms with E-state index in [9.17, 15) is 13.6 Å². The van der Waals surface area contributed by atoms with Crippen molar-refractivity contribution in [1.29, 1.82) is 0 Å². The summed E-state index contributed by atoms with van der Waals surface area (Å²) in [6, 6.07) is 12.4. The van der Waals surface area contributed by atoms with E-state index in [-0.39, 0.29) is 11.5 Å². The van der Waals surface area contributed by atoms with Crippen LogP contribution in [0.1, 0.15) is 30.6 Å². The molecule has 0 saturated heterocycles. The topological polar surface area (TPSA) is 60.5 Å². The Kier molecular flexibility index (Phi) is 5.12. The average molecular weight is 396 g/mol. The van der Waals surface area contributed by atoms with E-state index in [0.29, 0.717) is 35.9 Å². The van der Waals surface area contributed by atoms with E-state index >= 15 is 0 Å². The highest BCUT2D eigenvalue weighted by molar-refractivity contribution is 5.88. The Morgan fingerprint density at radius 1 is 1.17 bits per heavy atom. The number of ether oxygens (including phenoxy) is 2. The summed E-state index contributed by atoms with van der Waals surface area (Å²) in [5, 5.41) is 2.64. The zero-order valence-electron chi connectivity index (χ0n) is 15.6. The zero-order valence-corrected chi connectivity index (χ0v) is 15.6. The quantitative estimate of drug-likeness (QED) is 0.660. The Hall–Kier alpha value is -3.48. The third-order valence-corrected chi connectivity index (χ3v) is 4.58. The summed E-state index contributed by atoms with van der Waals surface area (Å²) in [6.45, 7) is 1.42. The fourth-order valence-corrected chi connectivity index (χ4v) is 3.29. The van der Waals surface area contributed by atoms with Gasteiger partial charge in [-0.25, -0.2) is 13.8 Å². The lowest BCUT2D eigenvalue weighted by atomic mass is 9.96. The monoisotopic (exact) mass is 396 g/mol. The van der Waals surface area contributed by atoms with Gasteiger partial charge in [-0.1, -0.05) is 6.07 Å². The van der Waals surface area contributed by atoms with Gasteiger partial charge in [-0.2, -0.15) is 0 Å². The molecular weight excluding hydrogens is 378 g/mol. The maximum Gasteiger partial charge on any atom is 0.221 e. The molecule has 5 nitrogen and oxygen atoms in total. The smallest absolute Gasteiger partial charge is 0.221 e. The number of amides is 1. The summed E-state index contributed by atoms with van der Waals surface area (Å²) >= 11 is 0. The van der Waals surface area contributed by atoms with E-state index in [4.69, 9.17) is 9.47 Å². The molecule has 0 aliphatic carbocycles. The molecule has 1 amide bonds. The number of halogens is 2. The first-order chi connectivity index (χ1) is 14.0. The molecule has 2 aromatic carbocycles. The number of carbonyl (C=O) groups excluding carboxylic acids is 1. The van der Waals surface area contributed by atoms with Crippen LogP contribution in [-0.2, 0) is 11.2 Å². The number of rotatable bonds is 4. The van der Waals surface area contributed by atoms with E-state index < -0.39 is 17.7 Å². The zero-order chi connectivity index (χ0) is 20.4. The van der Waals surface area contributed by atoms with E-state index in [1.165, 1.54) is 31.3 Å². The van der Waals surface area contributed by atoms with Crippen LogP contribution in [-0.4, -0.2) is 10.9 Å². The lowest BCUT2D eigenvalue weighted by Crippen LogP contribution is -2.17. The first kappa shape index (κ1) is 18.9. The van der Waals surface area contributed by atoms with Crippen molar-refractivity contribution in [2.24, 2.45) is 0 Å². The van der Waals surface area contributed by atoms with Crippen LogP contribution in [0.25, 0.3) is 0 Å². The van der Waals surface area contributed by atoms with Crippen LogP contribution >= 0.6 is 0 Å². The second-order valence-corrected chi connectivity index (χ2v) is 6.72. The molecule has 0 fully saturated rings. The molecule has 4 rings (SSSR count). The molecular formula is C22H18F2N2O3. The Bertz CT molecular complexity index is 1030. The number of benzene rings is 2. The molecule has 1 aromatic heterocycles. The lowest BCUT2D eigenvalue weighted by molar-refractivity contribution is -0.114. The second-order valence-electron chi connectivity index (χ2n) is 6.72. The molecule has 148 valence electrons. The number of fused-ring (bicyclic) bond motifs is 1. The summed E-state index contributed by atoms with van der Waals surface area (Å²) in [7, 11) is 0. The highest BCUT2D eigenvalue weighted by Gasteiger charge is 2.26. The first-order valence-electron chi connectivity index (χ1n) is 9.14. The Balaban J connectivity index is 1.48. The van der Waals surface area contributed by atoms with Crippen molar-refractivity contribution in [2.45, 2.75) is 25.9 Å². The van der Waals surface area contributed by atoms with Crippen LogP contribution in [0.15, 0.2) is 54.7 Å². The minimum Gasteiger partial charge on any atom is -0.485 e. The Labute approximate surface area is 166 Å². The molecule has 3 aromatic rings. The van der Waals surface area contributed by atoms with E-state index in [1.807, 2.05) is 6.07 Å². The highest BCUT2D eigenvalue weighted by Crippen LogP contribution is 2.38. The number of pyridine rings is 1. The summed E-state index contributed by atoms with van der Waals surface area (Å²) in [5.41, 5.74) is 1.43. The van der Waals surface area contributed by atoms with Crippen molar-refractivity contribution in [2.75, 3.05) is 5.32 Å². The van der Waals surface area contributed by atoms with Crippen LogP contribution in [0.2, 0.25) is 0 Å². The predicted octanol–water partition coefficient (Wildman–Crippen LogP) is 5.18. The molecule has 0 saturated carbocycles. The van der Waals surface area contributed by atoms with E-state index in [2.05, 4.69) is 10.3 Å². The van der Waals surface area contributed by atoms with Gasteiger partial charge in [0.1, 0.15) is 29.2 Å². The molecule has 0 bridgehead atoms. The minimum atomic E-state index is -0.668. The van der Waals surface area contributed by atoms with Gasteiger partial charge >= 0.3 is 0 Å². The van der Waals surface area contributed by atoms with Gasteiger partial charge in [0, 0.05) is 13.0 Å². The fraction of sp³-hybridized carbons (Fsp3) is 0.182. The van der Waals surface area contributed by atoms with Crippen molar-refractivity contribution in [3.8, 4) is 17.4 Å². The Morgan fingerprint density at radius 2 is 1.97 bits per heavy atom. The average Bonchev–Trinajstić information content (AvgIpc) is 2.69. The van der Waals surface area contributed by atoms with Gasteiger partial charge in [0.15, 0.2) is 0 Å². The molecule has 0 spiro atoms. The molecule has 2 heterocycles. The number of hydrogen-bond donors (Lipinski definition) is 1. The summed E-state index contributed by atoms with van der Waals surface area (Å²) in [6.07, 6.45) is 1.89. The second kappa shape index (κ2) is 7.87. The largest absolute Gasteiger partial charge is 0.485 e. The summed E-state index contributed by atoms with van der Waals surface area (Å²) in [5.74, 6) is 0.137. The van der Waals surface area contributed by atoms with Crippen LogP contribution < -0.4 is 14.8 Å². The highest BCUT2D eigenvalue weighted by atomic mass is 19.1. The van der Waals surface area contributed by atoms with Crippen molar-refractivity contribution < 1.29 is 23.0 Å². The van der Waals surface area contributed by atoms with Crippen molar-refractivity contribution in [3.63, 3.8) is 0 Å². The van der Waals surface area contributed by atoms with Gasteiger partial charge in [-0.3, -0.25) is 4.79 Å².